The van der Waals surface area contributed by atoms with Gasteiger partial charge in [0.15, 0.2) is 0 Å². The molecular weight excluding hydrogens is 242 g/mol. The molecule has 18 heavy (non-hydrogen) atoms. The molecule has 0 aliphatic carbocycles. The van der Waals surface area contributed by atoms with Crippen molar-refractivity contribution >= 4 is 11.3 Å². The van der Waals surface area contributed by atoms with Gasteiger partial charge in [0.2, 0.25) is 0 Å². The molecule has 2 rings (SSSR count). The van der Waals surface area contributed by atoms with E-state index in [2.05, 4.69) is 37.1 Å². The lowest BCUT2D eigenvalue weighted by atomic mass is 10.1. The van der Waals surface area contributed by atoms with E-state index in [1.165, 1.54) is 16.1 Å². The van der Waals surface area contributed by atoms with Gasteiger partial charge in [-0.25, -0.2) is 4.98 Å². The summed E-state index contributed by atoms with van der Waals surface area (Å²) in [7, 11) is 1.97. The summed E-state index contributed by atoms with van der Waals surface area (Å²) < 4.78 is 0. The average Bonchev–Trinajstić information content (AvgIpc) is 2.74. The van der Waals surface area contributed by atoms with Crippen molar-refractivity contribution in [3.63, 3.8) is 0 Å². The minimum Gasteiger partial charge on any atom is -0.315 e. The van der Waals surface area contributed by atoms with Gasteiger partial charge in [0.05, 0.1) is 5.69 Å². The molecule has 0 amide bonds. The number of nitrogens with one attached hydrogen (secondary N) is 1. The van der Waals surface area contributed by atoms with Crippen molar-refractivity contribution in [2.75, 3.05) is 7.05 Å². The molecule has 0 aromatic carbocycles. The van der Waals surface area contributed by atoms with Crippen molar-refractivity contribution in [3.8, 4) is 10.7 Å². The van der Waals surface area contributed by atoms with Gasteiger partial charge < -0.3 is 5.32 Å². The van der Waals surface area contributed by atoms with Crippen LogP contribution >= 0.6 is 11.3 Å². The molecule has 0 aliphatic rings. The lowest BCUT2D eigenvalue weighted by molar-refractivity contribution is 0.771. The fourth-order valence-corrected chi connectivity index (χ4v) is 3.20. The number of rotatable bonds is 4. The lowest BCUT2D eigenvalue weighted by Crippen LogP contribution is -2.06. The van der Waals surface area contributed by atoms with Crippen LogP contribution in [0, 0.1) is 6.92 Å². The second-order valence-corrected chi connectivity index (χ2v) is 5.76. The van der Waals surface area contributed by atoms with E-state index in [1.54, 1.807) is 11.3 Å². The molecule has 0 fully saturated rings. The monoisotopic (exact) mass is 261 g/mol. The van der Waals surface area contributed by atoms with Crippen LogP contribution in [0.15, 0.2) is 18.3 Å². The molecule has 2 heterocycles. The van der Waals surface area contributed by atoms with Crippen molar-refractivity contribution in [2.45, 2.75) is 33.2 Å². The van der Waals surface area contributed by atoms with Crippen molar-refractivity contribution in [3.05, 3.63) is 34.5 Å². The quantitative estimate of drug-likeness (QED) is 0.917. The third kappa shape index (κ3) is 2.60. The van der Waals surface area contributed by atoms with Gasteiger partial charge >= 0.3 is 0 Å². The summed E-state index contributed by atoms with van der Waals surface area (Å²) in [4.78, 5) is 10.5. The van der Waals surface area contributed by atoms with Crippen molar-refractivity contribution in [2.24, 2.45) is 0 Å². The number of aryl methyl sites for hydroxylation is 1. The zero-order valence-corrected chi connectivity index (χ0v) is 12.1. The Balaban J connectivity index is 2.47. The van der Waals surface area contributed by atoms with Crippen LogP contribution < -0.4 is 5.32 Å². The van der Waals surface area contributed by atoms with E-state index in [9.17, 15) is 0 Å². The maximum Gasteiger partial charge on any atom is 0.142 e. The van der Waals surface area contributed by atoms with Crippen molar-refractivity contribution in [1.29, 1.82) is 0 Å². The van der Waals surface area contributed by atoms with Gasteiger partial charge in [-0.05, 0) is 31.5 Å². The highest BCUT2D eigenvalue weighted by molar-refractivity contribution is 7.15. The largest absolute Gasteiger partial charge is 0.315 e. The van der Waals surface area contributed by atoms with E-state index in [-0.39, 0.29) is 0 Å². The first-order valence-electron chi connectivity index (χ1n) is 6.19. The van der Waals surface area contributed by atoms with Crippen LogP contribution in [0.4, 0.5) is 0 Å². The Hall–Kier alpha value is -1.26. The van der Waals surface area contributed by atoms with Gasteiger partial charge in [-0.1, -0.05) is 19.9 Å². The molecule has 0 aliphatic heterocycles. The molecule has 4 heteroatoms. The highest BCUT2D eigenvalue weighted by atomic mass is 32.1. The summed E-state index contributed by atoms with van der Waals surface area (Å²) in [5, 5.41) is 4.24. The van der Waals surface area contributed by atoms with E-state index in [0.717, 1.165) is 17.2 Å². The molecule has 3 nitrogen and oxygen atoms in total. The number of thiazole rings is 1. The minimum atomic E-state index is 0.447. The number of hydrogen-bond donors (Lipinski definition) is 1. The van der Waals surface area contributed by atoms with Gasteiger partial charge in [-0.3, -0.25) is 4.98 Å². The standard InChI is InChI=1S/C14H19N3S/c1-9(2)12-11(8-15-4)18-14(17-12)13-10(3)6-5-7-16-13/h5-7,9,15H,8H2,1-4H3. The first-order valence-corrected chi connectivity index (χ1v) is 7.01. The first kappa shape index (κ1) is 13.2. The molecule has 0 saturated carbocycles. The topological polar surface area (TPSA) is 37.8 Å². The summed E-state index contributed by atoms with van der Waals surface area (Å²) in [5.74, 6) is 0.447. The smallest absolute Gasteiger partial charge is 0.142 e. The van der Waals surface area contributed by atoms with E-state index >= 15 is 0 Å². The second kappa shape index (κ2) is 5.59. The maximum atomic E-state index is 4.78. The zero-order valence-electron chi connectivity index (χ0n) is 11.3. The Bertz CT molecular complexity index is 532. The molecule has 2 aromatic rings. The molecule has 1 N–H and O–H groups in total. The molecule has 0 saturated heterocycles. The Labute approximate surface area is 112 Å². The van der Waals surface area contributed by atoms with Crippen molar-refractivity contribution < 1.29 is 0 Å². The molecule has 0 spiro atoms. The second-order valence-electron chi connectivity index (χ2n) is 4.68. The number of nitrogens with zero attached hydrogens (tertiary/aromatic N) is 2. The summed E-state index contributed by atoms with van der Waals surface area (Å²) >= 11 is 1.74. The highest BCUT2D eigenvalue weighted by Crippen LogP contribution is 2.31. The minimum absolute atomic E-state index is 0.447. The lowest BCUT2D eigenvalue weighted by Gasteiger charge is -2.03. The predicted octanol–water partition coefficient (Wildman–Crippen LogP) is 3.36. The summed E-state index contributed by atoms with van der Waals surface area (Å²) in [6.07, 6.45) is 1.83. The third-order valence-electron chi connectivity index (χ3n) is 2.82. The van der Waals surface area contributed by atoms with E-state index in [1.807, 2.05) is 19.3 Å². The summed E-state index contributed by atoms with van der Waals surface area (Å²) in [5.41, 5.74) is 3.37. The molecule has 96 valence electrons. The molecule has 0 bridgehead atoms. The Kier molecular flexibility index (Phi) is 4.09. The van der Waals surface area contributed by atoms with Crippen LogP contribution in [0.5, 0.6) is 0 Å². The van der Waals surface area contributed by atoms with Crippen LogP contribution in [0.25, 0.3) is 10.7 Å². The number of pyridine rings is 1. The molecule has 2 aromatic heterocycles. The number of aromatic nitrogens is 2. The van der Waals surface area contributed by atoms with E-state index in [4.69, 9.17) is 4.98 Å². The van der Waals surface area contributed by atoms with Gasteiger partial charge in [0, 0.05) is 17.6 Å². The normalized spacial score (nSPS) is 11.2. The Morgan fingerprint density at radius 2 is 2.17 bits per heavy atom. The molecular formula is C14H19N3S. The SMILES string of the molecule is CNCc1sc(-c2ncccc2C)nc1C(C)C. The fraction of sp³-hybridized carbons (Fsp3) is 0.429. The summed E-state index contributed by atoms with van der Waals surface area (Å²) in [6, 6.07) is 4.04. The van der Waals surface area contributed by atoms with Crippen LogP contribution in [0.1, 0.15) is 35.9 Å². The van der Waals surface area contributed by atoms with Gasteiger partial charge in [0.25, 0.3) is 0 Å². The van der Waals surface area contributed by atoms with Gasteiger partial charge in [-0.15, -0.1) is 11.3 Å². The Morgan fingerprint density at radius 1 is 1.39 bits per heavy atom. The van der Waals surface area contributed by atoms with E-state index in [0.29, 0.717) is 5.92 Å². The van der Waals surface area contributed by atoms with Gasteiger partial charge in [0.1, 0.15) is 10.7 Å². The fourth-order valence-electron chi connectivity index (χ4n) is 1.91. The average molecular weight is 261 g/mol. The molecule has 0 radical (unpaired) electrons. The van der Waals surface area contributed by atoms with Crippen LogP contribution in [-0.2, 0) is 6.54 Å². The Morgan fingerprint density at radius 3 is 2.78 bits per heavy atom. The maximum absolute atomic E-state index is 4.78. The molecule has 0 atom stereocenters. The van der Waals surface area contributed by atoms with E-state index < -0.39 is 0 Å². The van der Waals surface area contributed by atoms with Crippen LogP contribution in [-0.4, -0.2) is 17.0 Å². The first-order chi connectivity index (χ1) is 8.63. The number of hydrogen-bond acceptors (Lipinski definition) is 4. The van der Waals surface area contributed by atoms with Crippen LogP contribution in [0.3, 0.4) is 0 Å². The van der Waals surface area contributed by atoms with Crippen LogP contribution in [0.2, 0.25) is 0 Å². The van der Waals surface area contributed by atoms with Crippen molar-refractivity contribution in [1.82, 2.24) is 15.3 Å². The molecule has 0 unspecified atom stereocenters. The predicted molar refractivity (Wildman–Crippen MR) is 76.9 cm³/mol. The van der Waals surface area contributed by atoms with Gasteiger partial charge in [-0.2, -0.15) is 0 Å². The summed E-state index contributed by atoms with van der Waals surface area (Å²) in [6.45, 7) is 7.32. The third-order valence-corrected chi connectivity index (χ3v) is 3.90. The highest BCUT2D eigenvalue weighted by Gasteiger charge is 2.16. The zero-order chi connectivity index (χ0) is 13.1.